The van der Waals surface area contributed by atoms with Gasteiger partial charge in [0, 0.05) is 61.4 Å². The number of aliphatic hydroxyl groups is 2. The van der Waals surface area contributed by atoms with Crippen molar-refractivity contribution < 1.29 is 34.2 Å². The highest BCUT2D eigenvalue weighted by molar-refractivity contribution is 6.00. The number of hydrogen-bond acceptors (Lipinski definition) is 9. The predicted octanol–water partition coefficient (Wildman–Crippen LogP) is 5.75. The summed E-state index contributed by atoms with van der Waals surface area (Å²) in [4.78, 5) is 50.5. The van der Waals surface area contributed by atoms with Gasteiger partial charge >= 0.3 is 0 Å². The van der Waals surface area contributed by atoms with E-state index in [-0.39, 0.29) is 36.4 Å². The number of benzene rings is 4. The van der Waals surface area contributed by atoms with Crippen molar-refractivity contribution in [1.29, 1.82) is 0 Å². The van der Waals surface area contributed by atoms with Crippen LogP contribution in [0.3, 0.4) is 0 Å². The van der Waals surface area contributed by atoms with Crippen molar-refractivity contribution in [2.45, 2.75) is 90.4 Å². The Morgan fingerprint density at radius 3 is 2.26 bits per heavy atom. The van der Waals surface area contributed by atoms with Crippen LogP contribution >= 0.6 is 0 Å². The third kappa shape index (κ3) is 9.39. The van der Waals surface area contributed by atoms with Crippen LogP contribution in [0.5, 0.6) is 5.75 Å². The topological polar surface area (TPSA) is 153 Å². The van der Waals surface area contributed by atoms with Crippen molar-refractivity contribution in [3.05, 3.63) is 119 Å². The van der Waals surface area contributed by atoms with E-state index in [0.29, 0.717) is 58.7 Å². The maximum atomic E-state index is 14.4. The highest BCUT2D eigenvalue weighted by atomic mass is 16.7. The van der Waals surface area contributed by atoms with E-state index >= 15 is 0 Å². The molecule has 3 aliphatic carbocycles. The minimum atomic E-state index is -0.933. The minimum Gasteiger partial charge on any atom is -0.496 e. The molecular formula is C50H63N5O7. The van der Waals surface area contributed by atoms with Crippen molar-refractivity contribution in [2.75, 3.05) is 32.7 Å². The van der Waals surface area contributed by atoms with Gasteiger partial charge in [0.15, 0.2) is 0 Å². The average molecular weight is 846 g/mol. The van der Waals surface area contributed by atoms with Gasteiger partial charge in [0.2, 0.25) is 11.8 Å². The van der Waals surface area contributed by atoms with Crippen LogP contribution in [0.4, 0.5) is 5.69 Å². The van der Waals surface area contributed by atoms with Gasteiger partial charge in [-0.3, -0.25) is 19.2 Å². The Kier molecular flexibility index (Phi) is 13.7. The summed E-state index contributed by atoms with van der Waals surface area (Å²) >= 11 is 0. The van der Waals surface area contributed by atoms with Gasteiger partial charge in [-0.05, 0) is 77.8 Å². The van der Waals surface area contributed by atoms with E-state index in [0.717, 1.165) is 23.2 Å². The smallest absolute Gasteiger partial charge is 0.252 e. The van der Waals surface area contributed by atoms with Crippen molar-refractivity contribution in [3.8, 4) is 16.9 Å². The monoisotopic (exact) mass is 845 g/mol. The second kappa shape index (κ2) is 19.0. The molecule has 1 aliphatic heterocycles. The van der Waals surface area contributed by atoms with Crippen molar-refractivity contribution in [1.82, 2.24) is 21.0 Å². The van der Waals surface area contributed by atoms with E-state index in [4.69, 9.17) is 9.57 Å². The lowest BCUT2D eigenvalue weighted by molar-refractivity contribution is -0.183. The molecule has 2 bridgehead atoms. The Bertz CT molecular complexity index is 2200. The standard InChI is InChI=1S/C50H63N5O7/c1-30-40-25-37(50(40,3)4)26-41(30)52-49(60)45-44(31(2)57)43(29-56)62-55(45)28-34-19-14-20-39(46(34)61-7)35-22-36(24-38(23-35)54(5)6)47(58)53-42(21-32-15-10-8-11-16-32)48(59)51-27-33-17-12-9-13-18-33/h8-20,22-24,30-31,37,40-45,56-57H,21,25-29H2,1-7H3,(H,51,59)(H,52,60)(H,53,58)/t30-,31-,37+,40-,41-,42+,43-,44+,45-/m0/s1. The Morgan fingerprint density at radius 1 is 0.952 bits per heavy atom. The Morgan fingerprint density at radius 2 is 1.65 bits per heavy atom. The van der Waals surface area contributed by atoms with Crippen LogP contribution in [0, 0.1) is 29.1 Å². The number of anilines is 1. The summed E-state index contributed by atoms with van der Waals surface area (Å²) in [7, 11) is 5.37. The molecule has 12 heteroatoms. The molecule has 4 aromatic rings. The maximum Gasteiger partial charge on any atom is 0.252 e. The lowest BCUT2D eigenvalue weighted by atomic mass is 9.45. The number of hydroxylamine groups is 2. The summed E-state index contributed by atoms with van der Waals surface area (Å²) in [6.45, 7) is 8.59. The number of carbonyl (C=O) groups is 3. The quantitative estimate of drug-likeness (QED) is 0.0951. The Hall–Kier alpha value is -5.27. The molecule has 8 rings (SSSR count). The zero-order chi connectivity index (χ0) is 44.3. The highest BCUT2D eigenvalue weighted by Crippen LogP contribution is 2.61. The fourth-order valence-electron chi connectivity index (χ4n) is 10.2. The number of aliphatic hydroxyl groups excluding tert-OH is 2. The molecule has 0 spiro atoms. The van der Waals surface area contributed by atoms with E-state index in [1.54, 1.807) is 31.2 Å². The van der Waals surface area contributed by atoms with Crippen LogP contribution < -0.4 is 25.6 Å². The second-order valence-electron chi connectivity index (χ2n) is 18.3. The number of nitrogens with zero attached hydrogens (tertiary/aromatic N) is 2. The first-order chi connectivity index (χ1) is 29.7. The molecule has 0 aromatic heterocycles. The fourth-order valence-corrected chi connectivity index (χ4v) is 10.2. The number of methoxy groups -OCH3 is 1. The first-order valence-corrected chi connectivity index (χ1v) is 21.9. The molecule has 3 amide bonds. The van der Waals surface area contributed by atoms with Crippen LogP contribution in [-0.4, -0.2) is 91.1 Å². The molecule has 3 saturated carbocycles. The van der Waals surface area contributed by atoms with Crippen LogP contribution in [0.15, 0.2) is 97.1 Å². The van der Waals surface area contributed by atoms with Crippen molar-refractivity contribution in [3.63, 3.8) is 0 Å². The van der Waals surface area contributed by atoms with Crippen molar-refractivity contribution in [2.24, 2.45) is 29.1 Å². The number of fused-ring (bicyclic) bond motifs is 2. The third-order valence-electron chi connectivity index (χ3n) is 13.9. The summed E-state index contributed by atoms with van der Waals surface area (Å²) in [5.41, 5.74) is 5.35. The number of rotatable bonds is 16. The first kappa shape index (κ1) is 44.8. The third-order valence-corrected chi connectivity index (χ3v) is 13.9. The van der Waals surface area contributed by atoms with E-state index in [9.17, 15) is 24.6 Å². The van der Waals surface area contributed by atoms with Crippen LogP contribution in [0.1, 0.15) is 67.6 Å². The summed E-state index contributed by atoms with van der Waals surface area (Å²) in [6, 6.07) is 28.8. The summed E-state index contributed by atoms with van der Waals surface area (Å²) in [5, 5.41) is 32.4. The van der Waals surface area contributed by atoms with E-state index in [2.05, 4.69) is 36.7 Å². The number of hydrogen-bond donors (Lipinski definition) is 5. The first-order valence-electron chi connectivity index (χ1n) is 21.9. The molecule has 330 valence electrons. The number of nitrogens with one attached hydrogen (secondary N) is 3. The van der Waals surface area contributed by atoms with Crippen LogP contribution in [0.25, 0.3) is 11.1 Å². The molecule has 1 saturated heterocycles. The molecule has 0 unspecified atom stereocenters. The molecule has 1 heterocycles. The molecular weight excluding hydrogens is 783 g/mol. The number of amides is 3. The van der Waals surface area contributed by atoms with Gasteiger partial charge in [0.1, 0.15) is 23.9 Å². The molecule has 4 aromatic carbocycles. The normalized spacial score (nSPS) is 24.9. The predicted molar refractivity (Wildman–Crippen MR) is 240 cm³/mol. The molecule has 62 heavy (non-hydrogen) atoms. The maximum absolute atomic E-state index is 14.4. The highest BCUT2D eigenvalue weighted by Gasteiger charge is 2.57. The average Bonchev–Trinajstić information content (AvgIpc) is 3.64. The second-order valence-corrected chi connectivity index (χ2v) is 18.3. The van der Waals surface area contributed by atoms with E-state index in [1.807, 2.05) is 104 Å². The SMILES string of the molecule is COc1c(CN2O[C@@H](CO)[C@@H]([C@H](C)O)[C@H]2C(=O)N[C@H]2C[C@H]3C[C@@H]([C@@H]2C)C3(C)C)cccc1-c1cc(C(=O)N[C@H](Cc2ccccc2)C(=O)NCc2ccccc2)cc(N(C)C)c1. The largest absolute Gasteiger partial charge is 0.496 e. The minimum absolute atomic E-state index is 0.00877. The Labute approximate surface area is 365 Å². The van der Waals surface area contributed by atoms with Crippen LogP contribution in [0.2, 0.25) is 0 Å². The van der Waals surface area contributed by atoms with Crippen LogP contribution in [-0.2, 0) is 33.9 Å². The fraction of sp³-hybridized carbons (Fsp3) is 0.460. The van der Waals surface area contributed by atoms with Gasteiger partial charge in [0.25, 0.3) is 5.91 Å². The molecule has 9 atom stereocenters. The lowest BCUT2D eigenvalue weighted by Gasteiger charge is -2.62. The van der Waals surface area contributed by atoms with Crippen molar-refractivity contribution >= 4 is 23.4 Å². The summed E-state index contributed by atoms with van der Waals surface area (Å²) in [5.74, 6) is 0.292. The van der Waals surface area contributed by atoms with Gasteiger partial charge in [0.05, 0.1) is 26.4 Å². The van der Waals surface area contributed by atoms with Gasteiger partial charge in [-0.1, -0.05) is 99.6 Å². The van der Waals surface area contributed by atoms with Gasteiger partial charge < -0.3 is 35.8 Å². The zero-order valence-corrected chi connectivity index (χ0v) is 37.0. The molecule has 5 N–H and O–H groups in total. The summed E-state index contributed by atoms with van der Waals surface area (Å²) in [6.07, 6.45) is 0.664. The molecule has 0 radical (unpaired) electrons. The van der Waals surface area contributed by atoms with Gasteiger partial charge in [-0.2, -0.15) is 5.06 Å². The van der Waals surface area contributed by atoms with Gasteiger partial charge in [-0.15, -0.1) is 0 Å². The van der Waals surface area contributed by atoms with E-state index < -0.39 is 36.1 Å². The van der Waals surface area contributed by atoms with E-state index in [1.165, 1.54) is 6.42 Å². The summed E-state index contributed by atoms with van der Waals surface area (Å²) < 4.78 is 6.11. The van der Waals surface area contributed by atoms with Gasteiger partial charge in [-0.25, -0.2) is 0 Å². The molecule has 12 nitrogen and oxygen atoms in total. The Balaban J connectivity index is 1.15. The molecule has 4 aliphatic rings. The lowest BCUT2D eigenvalue weighted by Crippen LogP contribution is -2.62. The number of carbonyl (C=O) groups excluding carboxylic acids is 3. The molecule has 4 fully saturated rings. The number of ether oxygens (including phenoxy) is 1. The number of para-hydroxylation sites is 1. The zero-order valence-electron chi connectivity index (χ0n) is 37.0.